The molecular weight excluding hydrogens is 306 g/mol. The second kappa shape index (κ2) is 19.9. The van der Waals surface area contributed by atoms with Gasteiger partial charge >= 0.3 is 11.9 Å². The highest BCUT2D eigenvalue weighted by Gasteiger charge is 1.99. The van der Waals surface area contributed by atoms with E-state index in [0.29, 0.717) is 6.42 Å². The monoisotopic (exact) mass is 345 g/mol. The molecular formula is C19H39NO4. The largest absolute Gasteiger partial charge is 0.481 e. The van der Waals surface area contributed by atoms with Gasteiger partial charge in [-0.2, -0.15) is 0 Å². The standard InChI is InChI=1S/C16H32O2.C3H7NO2/c1-2-3-4-5-6-7-8-9-10-11-12-13-14-15-16(17)18;1-2(4)3(5)6/h2-15H2,1H3,(H,17,18);2H,4H2,1H3,(H,5,6)/t;2-/m.0/s1. The first-order chi connectivity index (χ1) is 11.4. The molecule has 24 heavy (non-hydrogen) atoms. The molecule has 0 heterocycles. The molecule has 0 aliphatic carbocycles. The van der Waals surface area contributed by atoms with Crippen molar-refractivity contribution >= 4 is 11.9 Å². The quantitative estimate of drug-likeness (QED) is 0.364. The zero-order valence-electron chi connectivity index (χ0n) is 15.8. The molecule has 0 unspecified atom stereocenters. The Kier molecular flexibility index (Phi) is 20.9. The summed E-state index contributed by atoms with van der Waals surface area (Å²) in [5.74, 6) is -1.62. The second-order valence-electron chi connectivity index (χ2n) is 6.51. The number of rotatable bonds is 15. The molecule has 0 saturated carbocycles. The maximum absolute atomic E-state index is 10.3. The van der Waals surface area contributed by atoms with E-state index in [9.17, 15) is 9.59 Å². The number of aliphatic carboxylic acids is 2. The first kappa shape index (κ1) is 25.1. The minimum atomic E-state index is -0.963. The number of carboxylic acids is 2. The molecule has 0 aromatic heterocycles. The Bertz CT molecular complexity index is 293. The van der Waals surface area contributed by atoms with Crippen LogP contribution in [0.25, 0.3) is 0 Å². The molecule has 0 radical (unpaired) electrons. The van der Waals surface area contributed by atoms with Crippen molar-refractivity contribution in [3.63, 3.8) is 0 Å². The van der Waals surface area contributed by atoms with Crippen LogP contribution in [0.2, 0.25) is 0 Å². The SMILES string of the molecule is CCCCCCCCCCCCCCCC(=O)O.C[C@H](N)C(=O)O. The Hall–Kier alpha value is -1.10. The van der Waals surface area contributed by atoms with Crippen molar-refractivity contribution in [3.8, 4) is 0 Å². The van der Waals surface area contributed by atoms with Crippen molar-refractivity contribution in [2.75, 3.05) is 0 Å². The molecule has 0 aliphatic heterocycles. The topological polar surface area (TPSA) is 101 Å². The maximum atomic E-state index is 10.3. The molecule has 0 spiro atoms. The zero-order valence-corrected chi connectivity index (χ0v) is 15.8. The molecule has 144 valence electrons. The molecule has 0 saturated heterocycles. The zero-order chi connectivity index (χ0) is 18.6. The molecule has 4 N–H and O–H groups in total. The fourth-order valence-corrected chi connectivity index (χ4v) is 2.29. The van der Waals surface area contributed by atoms with Gasteiger partial charge in [0.15, 0.2) is 0 Å². The van der Waals surface area contributed by atoms with Gasteiger partial charge in [-0.05, 0) is 13.3 Å². The summed E-state index contributed by atoms with van der Waals surface area (Å²) in [6.07, 6.45) is 17.3. The second-order valence-corrected chi connectivity index (χ2v) is 6.51. The number of hydrogen-bond acceptors (Lipinski definition) is 3. The van der Waals surface area contributed by atoms with Crippen LogP contribution >= 0.6 is 0 Å². The average molecular weight is 346 g/mol. The van der Waals surface area contributed by atoms with E-state index in [1.54, 1.807) is 0 Å². The molecule has 0 bridgehead atoms. The summed E-state index contributed by atoms with van der Waals surface area (Å²) < 4.78 is 0. The first-order valence-corrected chi connectivity index (χ1v) is 9.62. The molecule has 0 fully saturated rings. The Morgan fingerprint density at radius 1 is 0.750 bits per heavy atom. The number of nitrogens with two attached hydrogens (primary N) is 1. The minimum Gasteiger partial charge on any atom is -0.481 e. The minimum absolute atomic E-state index is 0.345. The van der Waals surface area contributed by atoms with Crippen LogP contribution in [0.1, 0.15) is 104 Å². The van der Waals surface area contributed by atoms with E-state index in [1.165, 1.54) is 77.6 Å². The predicted molar refractivity (Wildman–Crippen MR) is 99.2 cm³/mol. The fourth-order valence-electron chi connectivity index (χ4n) is 2.29. The van der Waals surface area contributed by atoms with Crippen molar-refractivity contribution < 1.29 is 19.8 Å². The van der Waals surface area contributed by atoms with Gasteiger partial charge in [0.2, 0.25) is 0 Å². The van der Waals surface area contributed by atoms with Crippen LogP contribution in [0.15, 0.2) is 0 Å². The van der Waals surface area contributed by atoms with Gasteiger partial charge in [0, 0.05) is 6.42 Å². The molecule has 0 amide bonds. The third-order valence-electron chi connectivity index (χ3n) is 3.88. The van der Waals surface area contributed by atoms with Gasteiger partial charge in [-0.1, -0.05) is 84.0 Å². The molecule has 0 rings (SSSR count). The molecule has 0 aromatic rings. The number of unbranched alkanes of at least 4 members (excludes halogenated alkanes) is 12. The summed E-state index contributed by atoms with van der Waals surface area (Å²) in [5.41, 5.74) is 4.84. The van der Waals surface area contributed by atoms with Crippen molar-refractivity contribution in [2.24, 2.45) is 5.73 Å². The summed E-state index contributed by atoms with van der Waals surface area (Å²) in [6.45, 7) is 3.68. The lowest BCUT2D eigenvalue weighted by molar-refractivity contribution is -0.138. The van der Waals surface area contributed by atoms with Crippen LogP contribution in [-0.2, 0) is 9.59 Å². The molecule has 5 nitrogen and oxygen atoms in total. The van der Waals surface area contributed by atoms with Gasteiger partial charge in [0.1, 0.15) is 6.04 Å². The van der Waals surface area contributed by atoms with E-state index < -0.39 is 18.0 Å². The van der Waals surface area contributed by atoms with Crippen molar-refractivity contribution in [2.45, 2.75) is 110 Å². The van der Waals surface area contributed by atoms with Crippen LogP contribution in [0.4, 0.5) is 0 Å². The van der Waals surface area contributed by atoms with Crippen LogP contribution in [0.5, 0.6) is 0 Å². The molecule has 0 aromatic carbocycles. The normalized spacial score (nSPS) is 11.5. The van der Waals surface area contributed by atoms with Gasteiger partial charge in [-0.3, -0.25) is 9.59 Å². The lowest BCUT2D eigenvalue weighted by atomic mass is 10.0. The lowest BCUT2D eigenvalue weighted by Gasteiger charge is -2.02. The Morgan fingerprint density at radius 2 is 1.04 bits per heavy atom. The van der Waals surface area contributed by atoms with Gasteiger partial charge in [-0.15, -0.1) is 0 Å². The fraction of sp³-hybridized carbons (Fsp3) is 0.895. The van der Waals surface area contributed by atoms with Gasteiger partial charge in [-0.25, -0.2) is 0 Å². The molecule has 0 aliphatic rings. The first-order valence-electron chi connectivity index (χ1n) is 9.62. The van der Waals surface area contributed by atoms with Crippen LogP contribution < -0.4 is 5.73 Å². The highest BCUT2D eigenvalue weighted by molar-refractivity contribution is 5.72. The lowest BCUT2D eigenvalue weighted by Crippen LogP contribution is -2.25. The summed E-state index contributed by atoms with van der Waals surface area (Å²) in [4.78, 5) is 19.9. The predicted octanol–water partition coefficient (Wildman–Crippen LogP) is 4.97. The van der Waals surface area contributed by atoms with E-state index in [0.717, 1.165) is 12.8 Å². The summed E-state index contributed by atoms with van der Waals surface area (Å²) >= 11 is 0. The molecule has 1 atom stereocenters. The number of carbonyl (C=O) groups is 2. The maximum Gasteiger partial charge on any atom is 0.320 e. The van der Waals surface area contributed by atoms with E-state index in [1.807, 2.05) is 0 Å². The van der Waals surface area contributed by atoms with Crippen molar-refractivity contribution in [1.29, 1.82) is 0 Å². The summed E-state index contributed by atoms with van der Waals surface area (Å²) in [5, 5.41) is 16.4. The Balaban J connectivity index is 0. The van der Waals surface area contributed by atoms with E-state index in [-0.39, 0.29) is 0 Å². The van der Waals surface area contributed by atoms with Crippen molar-refractivity contribution in [3.05, 3.63) is 0 Å². The van der Waals surface area contributed by atoms with Crippen LogP contribution in [0.3, 0.4) is 0 Å². The smallest absolute Gasteiger partial charge is 0.320 e. The third kappa shape index (κ3) is 25.8. The highest BCUT2D eigenvalue weighted by Crippen LogP contribution is 2.12. The number of hydrogen-bond donors (Lipinski definition) is 3. The Morgan fingerprint density at radius 3 is 1.29 bits per heavy atom. The number of carboxylic acid groups (broad SMARTS) is 2. The Labute approximate surface area is 148 Å². The molecule has 5 heteroatoms. The van der Waals surface area contributed by atoms with Gasteiger partial charge < -0.3 is 15.9 Å². The highest BCUT2D eigenvalue weighted by atomic mass is 16.4. The summed E-state index contributed by atoms with van der Waals surface area (Å²) in [7, 11) is 0. The third-order valence-corrected chi connectivity index (χ3v) is 3.88. The van der Waals surface area contributed by atoms with E-state index >= 15 is 0 Å². The van der Waals surface area contributed by atoms with E-state index in [2.05, 4.69) is 6.92 Å². The van der Waals surface area contributed by atoms with Crippen molar-refractivity contribution in [1.82, 2.24) is 0 Å². The summed E-state index contributed by atoms with van der Waals surface area (Å²) in [6, 6.07) is -0.731. The van der Waals surface area contributed by atoms with Gasteiger partial charge in [0.05, 0.1) is 0 Å². The van der Waals surface area contributed by atoms with E-state index in [4.69, 9.17) is 15.9 Å². The van der Waals surface area contributed by atoms with Crippen LogP contribution in [0, 0.1) is 0 Å². The van der Waals surface area contributed by atoms with Gasteiger partial charge in [0.25, 0.3) is 0 Å². The van der Waals surface area contributed by atoms with Crippen LogP contribution in [-0.4, -0.2) is 28.2 Å². The average Bonchev–Trinajstić information content (AvgIpc) is 2.52.